The Hall–Kier alpha value is -3.03. The molecule has 0 radical (unpaired) electrons. The number of rotatable bonds is 8. The summed E-state index contributed by atoms with van der Waals surface area (Å²) in [4.78, 5) is 21.9. The number of oxime groups is 2. The molecule has 0 unspecified atom stereocenters. The molecular weight excluding hydrogens is 346 g/mol. The van der Waals surface area contributed by atoms with Gasteiger partial charge in [0, 0.05) is 24.1 Å². The maximum Gasteiger partial charge on any atom is 0.273 e. The average Bonchev–Trinajstić information content (AvgIpc) is 3.51. The van der Waals surface area contributed by atoms with E-state index in [-0.39, 0.29) is 11.6 Å². The van der Waals surface area contributed by atoms with Crippen LogP contribution in [-0.2, 0) is 14.5 Å². The molecule has 8 heteroatoms. The van der Waals surface area contributed by atoms with Crippen LogP contribution in [-0.4, -0.2) is 50.0 Å². The smallest absolute Gasteiger partial charge is 0.273 e. The molecule has 1 aliphatic rings. The fraction of sp³-hybridized carbons (Fsp3) is 0.421. The summed E-state index contributed by atoms with van der Waals surface area (Å²) in [7, 11) is 4.45. The normalized spacial score (nSPS) is 16.2. The van der Waals surface area contributed by atoms with Gasteiger partial charge in [0.1, 0.15) is 19.9 Å². The molecule has 1 N–H and O–H groups in total. The van der Waals surface area contributed by atoms with Gasteiger partial charge in [-0.1, -0.05) is 34.6 Å². The van der Waals surface area contributed by atoms with Crippen molar-refractivity contribution in [3.8, 4) is 0 Å². The van der Waals surface area contributed by atoms with E-state index in [1.54, 1.807) is 13.1 Å². The molecule has 1 fully saturated rings. The Labute approximate surface area is 159 Å². The van der Waals surface area contributed by atoms with Crippen molar-refractivity contribution in [2.75, 3.05) is 21.3 Å². The average molecular weight is 371 g/mol. The van der Waals surface area contributed by atoms with E-state index in [4.69, 9.17) is 9.68 Å². The summed E-state index contributed by atoms with van der Waals surface area (Å²) < 4.78 is 0. The molecule has 27 heavy (non-hydrogen) atoms. The van der Waals surface area contributed by atoms with E-state index in [0.717, 1.165) is 29.8 Å². The zero-order valence-corrected chi connectivity index (χ0v) is 16.3. The van der Waals surface area contributed by atoms with Gasteiger partial charge in [0.25, 0.3) is 5.91 Å². The highest BCUT2D eigenvalue weighted by atomic mass is 16.6. The van der Waals surface area contributed by atoms with Gasteiger partial charge in [0.2, 0.25) is 0 Å². The third-order valence-corrected chi connectivity index (χ3v) is 4.07. The molecule has 0 saturated heterocycles. The molecular formula is C19H25N5O3. The first-order valence-corrected chi connectivity index (χ1v) is 8.66. The molecule has 1 aromatic rings. The molecule has 0 spiro atoms. The number of amides is 1. The predicted octanol–water partition coefficient (Wildman–Crippen LogP) is 2.38. The van der Waals surface area contributed by atoms with Gasteiger partial charge in [-0.15, -0.1) is 0 Å². The van der Waals surface area contributed by atoms with Crippen LogP contribution >= 0.6 is 0 Å². The number of likely N-dealkylation sites (N-methyl/N-ethyl adjacent to an activating group) is 1. The lowest BCUT2D eigenvalue weighted by molar-refractivity contribution is -0.114. The lowest BCUT2D eigenvalue weighted by Crippen LogP contribution is -2.29. The fourth-order valence-electron chi connectivity index (χ4n) is 2.60. The second kappa shape index (κ2) is 9.61. The Kier molecular flexibility index (Phi) is 7.22. The SMILES string of the molecule is CNC(=O)/C(=N\OC)c1ccccc1\C(C)=N/N=C(\C(C)=N/OC)C1CC1. The van der Waals surface area contributed by atoms with Gasteiger partial charge in [0.15, 0.2) is 5.71 Å². The zero-order valence-electron chi connectivity index (χ0n) is 16.3. The van der Waals surface area contributed by atoms with Crippen LogP contribution in [0.2, 0.25) is 0 Å². The summed E-state index contributed by atoms with van der Waals surface area (Å²) in [5, 5.41) is 19.2. The molecule has 1 amide bonds. The molecule has 0 heterocycles. The quantitative estimate of drug-likeness (QED) is 0.561. The van der Waals surface area contributed by atoms with Crippen LogP contribution in [0, 0.1) is 5.92 Å². The second-order valence-corrected chi connectivity index (χ2v) is 6.05. The minimum absolute atomic E-state index is 0.175. The Balaban J connectivity index is 2.44. The number of carbonyl (C=O) groups is 1. The number of hydrogen-bond donors (Lipinski definition) is 1. The van der Waals surface area contributed by atoms with Gasteiger partial charge < -0.3 is 15.0 Å². The topological polar surface area (TPSA) is 97.0 Å². The number of carbonyl (C=O) groups excluding carboxylic acids is 1. The minimum atomic E-state index is -0.345. The molecule has 8 nitrogen and oxygen atoms in total. The number of nitrogens with zero attached hydrogens (tertiary/aromatic N) is 4. The first kappa shape index (κ1) is 20.3. The van der Waals surface area contributed by atoms with E-state index in [2.05, 4.69) is 25.8 Å². The largest absolute Gasteiger partial charge is 0.399 e. The molecule has 144 valence electrons. The molecule has 1 aromatic carbocycles. The van der Waals surface area contributed by atoms with Crippen molar-refractivity contribution in [2.45, 2.75) is 26.7 Å². The van der Waals surface area contributed by atoms with Crippen molar-refractivity contribution in [3.63, 3.8) is 0 Å². The highest BCUT2D eigenvalue weighted by molar-refractivity contribution is 6.46. The van der Waals surface area contributed by atoms with Gasteiger partial charge in [-0.2, -0.15) is 10.2 Å². The molecule has 1 aliphatic carbocycles. The molecule has 1 saturated carbocycles. The lowest BCUT2D eigenvalue weighted by atomic mass is 9.99. The van der Waals surface area contributed by atoms with Crippen molar-refractivity contribution in [2.24, 2.45) is 26.4 Å². The number of hydrogen-bond acceptors (Lipinski definition) is 7. The van der Waals surface area contributed by atoms with Crippen molar-refractivity contribution in [3.05, 3.63) is 35.4 Å². The highest BCUT2D eigenvalue weighted by Crippen LogP contribution is 2.31. The third kappa shape index (κ3) is 5.22. The molecule has 2 rings (SSSR count). The van der Waals surface area contributed by atoms with Crippen LogP contribution in [0.3, 0.4) is 0 Å². The maximum atomic E-state index is 12.2. The standard InChI is InChI=1S/C19H25N5O3/c1-12(21-22-17(14-10-11-14)13(2)23-26-4)15-8-6-7-9-16(15)18(24-27-5)19(25)20-3/h6-9,14H,10-11H2,1-5H3,(H,20,25)/b21-12-,22-17+,23-13-,24-18-. The first-order valence-electron chi connectivity index (χ1n) is 8.66. The summed E-state index contributed by atoms with van der Waals surface area (Å²) in [5.74, 6) is 0.0227. The molecule has 0 bridgehead atoms. The van der Waals surface area contributed by atoms with Crippen molar-refractivity contribution in [1.82, 2.24) is 5.32 Å². The molecule has 0 aliphatic heterocycles. The van der Waals surface area contributed by atoms with Gasteiger partial charge in [0.05, 0.1) is 11.4 Å². The Bertz CT molecular complexity index is 807. The first-order chi connectivity index (χ1) is 13.0. The van der Waals surface area contributed by atoms with Gasteiger partial charge >= 0.3 is 0 Å². The molecule has 0 atom stereocenters. The Morgan fingerprint density at radius 3 is 2.22 bits per heavy atom. The monoisotopic (exact) mass is 371 g/mol. The van der Waals surface area contributed by atoms with Crippen LogP contribution < -0.4 is 5.32 Å². The summed E-state index contributed by atoms with van der Waals surface area (Å²) in [6.07, 6.45) is 2.14. The van der Waals surface area contributed by atoms with Crippen molar-refractivity contribution < 1.29 is 14.5 Å². The summed E-state index contributed by atoms with van der Waals surface area (Å²) in [5.41, 5.74) is 3.74. The summed E-state index contributed by atoms with van der Waals surface area (Å²) >= 11 is 0. The summed E-state index contributed by atoms with van der Waals surface area (Å²) in [6, 6.07) is 7.36. The highest BCUT2D eigenvalue weighted by Gasteiger charge is 2.30. The van der Waals surface area contributed by atoms with Crippen LogP contribution in [0.4, 0.5) is 0 Å². The zero-order chi connectivity index (χ0) is 19.8. The lowest BCUT2D eigenvalue weighted by Gasteiger charge is -2.10. The van der Waals surface area contributed by atoms with Crippen molar-refractivity contribution >= 4 is 28.8 Å². The van der Waals surface area contributed by atoms with Crippen LogP contribution in [0.5, 0.6) is 0 Å². The third-order valence-electron chi connectivity index (χ3n) is 4.07. The second-order valence-electron chi connectivity index (χ2n) is 6.05. The van der Waals surface area contributed by atoms with Gasteiger partial charge in [-0.3, -0.25) is 4.79 Å². The van der Waals surface area contributed by atoms with E-state index >= 15 is 0 Å². The van der Waals surface area contributed by atoms with E-state index < -0.39 is 0 Å². The maximum absolute atomic E-state index is 12.2. The Morgan fingerprint density at radius 1 is 1.04 bits per heavy atom. The number of nitrogens with one attached hydrogen (secondary N) is 1. The minimum Gasteiger partial charge on any atom is -0.399 e. The number of benzene rings is 1. The van der Waals surface area contributed by atoms with E-state index in [0.29, 0.717) is 17.2 Å². The predicted molar refractivity (Wildman–Crippen MR) is 107 cm³/mol. The fourth-order valence-corrected chi connectivity index (χ4v) is 2.60. The van der Waals surface area contributed by atoms with Gasteiger partial charge in [-0.25, -0.2) is 0 Å². The van der Waals surface area contributed by atoms with E-state index in [1.165, 1.54) is 14.2 Å². The van der Waals surface area contributed by atoms with Gasteiger partial charge in [-0.05, 0) is 26.7 Å². The van der Waals surface area contributed by atoms with Crippen LogP contribution in [0.1, 0.15) is 37.8 Å². The van der Waals surface area contributed by atoms with Crippen molar-refractivity contribution in [1.29, 1.82) is 0 Å². The van der Waals surface area contributed by atoms with E-state index in [1.807, 2.05) is 32.0 Å². The molecule has 0 aromatic heterocycles. The summed E-state index contributed by atoms with van der Waals surface area (Å²) in [6.45, 7) is 3.69. The Morgan fingerprint density at radius 2 is 1.67 bits per heavy atom. The van der Waals surface area contributed by atoms with Crippen LogP contribution in [0.15, 0.2) is 44.8 Å². The van der Waals surface area contributed by atoms with E-state index in [9.17, 15) is 4.79 Å². The van der Waals surface area contributed by atoms with Crippen LogP contribution in [0.25, 0.3) is 0 Å².